The minimum Gasteiger partial charge on any atom is -0.445 e. The van der Waals surface area contributed by atoms with Gasteiger partial charge in [-0.25, -0.2) is 9.18 Å². The summed E-state index contributed by atoms with van der Waals surface area (Å²) in [6.07, 6.45) is -0.341. The van der Waals surface area contributed by atoms with E-state index in [1.807, 2.05) is 30.3 Å². The maximum atomic E-state index is 13.4. The molecular formula is C19H22FN3O2. The van der Waals surface area contributed by atoms with Crippen molar-refractivity contribution in [1.82, 2.24) is 10.2 Å². The van der Waals surface area contributed by atoms with Gasteiger partial charge in [0, 0.05) is 26.2 Å². The maximum absolute atomic E-state index is 13.4. The van der Waals surface area contributed by atoms with E-state index in [-0.39, 0.29) is 31.1 Å². The monoisotopic (exact) mass is 343 g/mol. The summed E-state index contributed by atoms with van der Waals surface area (Å²) in [7, 11) is 0. The van der Waals surface area contributed by atoms with Crippen molar-refractivity contribution in [3.8, 4) is 0 Å². The molecule has 1 saturated heterocycles. The molecule has 0 aliphatic carbocycles. The van der Waals surface area contributed by atoms with E-state index < -0.39 is 0 Å². The average Bonchev–Trinajstić information content (AvgIpc) is 2.67. The molecule has 25 heavy (non-hydrogen) atoms. The molecular weight excluding hydrogens is 321 g/mol. The highest BCUT2D eigenvalue weighted by Gasteiger charge is 2.26. The Balaban J connectivity index is 1.63. The van der Waals surface area contributed by atoms with Crippen LogP contribution in [-0.2, 0) is 17.9 Å². The lowest BCUT2D eigenvalue weighted by atomic mass is 9.98. The predicted molar refractivity (Wildman–Crippen MR) is 93.2 cm³/mol. The summed E-state index contributed by atoms with van der Waals surface area (Å²) in [4.78, 5) is 14.0. The minimum absolute atomic E-state index is 0.0859. The van der Waals surface area contributed by atoms with Gasteiger partial charge in [0.25, 0.3) is 0 Å². The Bertz CT molecular complexity index is 724. The molecule has 3 rings (SSSR count). The predicted octanol–water partition coefficient (Wildman–Crippen LogP) is 2.57. The molecule has 2 aromatic carbocycles. The van der Waals surface area contributed by atoms with Crippen LogP contribution in [0.2, 0.25) is 0 Å². The van der Waals surface area contributed by atoms with Crippen molar-refractivity contribution >= 4 is 6.09 Å². The number of benzene rings is 2. The number of hydrogen-bond donors (Lipinski definition) is 2. The number of halogens is 1. The average molecular weight is 343 g/mol. The third kappa shape index (κ3) is 4.35. The lowest BCUT2D eigenvalue weighted by Gasteiger charge is -2.34. The highest BCUT2D eigenvalue weighted by Crippen LogP contribution is 2.22. The summed E-state index contributed by atoms with van der Waals surface area (Å²) >= 11 is 0. The molecule has 1 amide bonds. The largest absolute Gasteiger partial charge is 0.445 e. The van der Waals surface area contributed by atoms with Gasteiger partial charge in [0.05, 0.1) is 6.04 Å². The smallest absolute Gasteiger partial charge is 0.410 e. The molecule has 2 aromatic rings. The topological polar surface area (TPSA) is 67.6 Å². The summed E-state index contributed by atoms with van der Waals surface area (Å²) in [5, 5.41) is 3.36. The number of rotatable bonds is 4. The van der Waals surface area contributed by atoms with Crippen LogP contribution in [0.5, 0.6) is 0 Å². The van der Waals surface area contributed by atoms with Crippen LogP contribution in [0.15, 0.2) is 48.5 Å². The van der Waals surface area contributed by atoms with Gasteiger partial charge in [-0.05, 0) is 28.8 Å². The number of nitrogens with zero attached hydrogens (tertiary/aromatic N) is 1. The van der Waals surface area contributed by atoms with Gasteiger partial charge in [0.1, 0.15) is 12.4 Å². The zero-order chi connectivity index (χ0) is 17.6. The third-order valence-corrected chi connectivity index (χ3v) is 4.34. The molecule has 1 aliphatic rings. The highest BCUT2D eigenvalue weighted by atomic mass is 19.1. The SMILES string of the molecule is NCc1cc(F)ccc1[C@H]1CN(C(=O)OCc2ccccc2)CCN1. The van der Waals surface area contributed by atoms with E-state index in [0.29, 0.717) is 19.6 Å². The van der Waals surface area contributed by atoms with E-state index >= 15 is 0 Å². The first-order valence-corrected chi connectivity index (χ1v) is 8.35. The first kappa shape index (κ1) is 17.4. The molecule has 0 bridgehead atoms. The molecule has 5 nitrogen and oxygen atoms in total. The normalized spacial score (nSPS) is 17.4. The third-order valence-electron chi connectivity index (χ3n) is 4.34. The lowest BCUT2D eigenvalue weighted by Crippen LogP contribution is -2.48. The van der Waals surface area contributed by atoms with Crippen LogP contribution in [0.3, 0.4) is 0 Å². The standard InChI is InChI=1S/C19H22FN3O2/c20-16-6-7-17(15(10-16)11-21)18-12-23(9-8-22-18)19(24)25-13-14-4-2-1-3-5-14/h1-7,10,18,22H,8-9,11-13,21H2/t18-/m1/s1. The Hall–Kier alpha value is -2.44. The van der Waals surface area contributed by atoms with E-state index in [1.165, 1.54) is 12.1 Å². The molecule has 1 fully saturated rings. The molecule has 132 valence electrons. The second kappa shape index (κ2) is 8.09. The van der Waals surface area contributed by atoms with Gasteiger partial charge in [-0.2, -0.15) is 0 Å². The van der Waals surface area contributed by atoms with Crippen molar-refractivity contribution in [2.75, 3.05) is 19.6 Å². The number of nitrogens with two attached hydrogens (primary N) is 1. The van der Waals surface area contributed by atoms with E-state index in [2.05, 4.69) is 5.32 Å². The number of nitrogens with one attached hydrogen (secondary N) is 1. The zero-order valence-electron chi connectivity index (χ0n) is 14.0. The van der Waals surface area contributed by atoms with Crippen LogP contribution >= 0.6 is 0 Å². The highest BCUT2D eigenvalue weighted by molar-refractivity contribution is 5.68. The number of piperazine rings is 1. The summed E-state index contributed by atoms with van der Waals surface area (Å²) < 4.78 is 18.8. The van der Waals surface area contributed by atoms with Crippen molar-refractivity contribution in [2.45, 2.75) is 19.2 Å². The molecule has 6 heteroatoms. The number of carbonyl (C=O) groups excluding carboxylic acids is 1. The van der Waals surface area contributed by atoms with Gasteiger partial charge in [-0.3, -0.25) is 0 Å². The number of ether oxygens (including phenoxy) is 1. The summed E-state index contributed by atoms with van der Waals surface area (Å²) in [6.45, 7) is 2.19. The molecule has 1 heterocycles. The van der Waals surface area contributed by atoms with Crippen LogP contribution in [0, 0.1) is 5.82 Å². The minimum atomic E-state index is -0.341. The van der Waals surface area contributed by atoms with Gasteiger partial charge < -0.3 is 20.7 Å². The maximum Gasteiger partial charge on any atom is 0.410 e. The van der Waals surface area contributed by atoms with Crippen LogP contribution in [0.25, 0.3) is 0 Å². The van der Waals surface area contributed by atoms with Crippen LogP contribution in [-0.4, -0.2) is 30.6 Å². The summed E-state index contributed by atoms with van der Waals surface area (Å²) in [5.41, 5.74) is 8.35. The molecule has 0 spiro atoms. The Morgan fingerprint density at radius 1 is 1.28 bits per heavy atom. The summed E-state index contributed by atoms with van der Waals surface area (Å²) in [5.74, 6) is -0.306. The fourth-order valence-electron chi connectivity index (χ4n) is 3.03. The van der Waals surface area contributed by atoms with Crippen molar-refractivity contribution in [3.05, 3.63) is 71.0 Å². The van der Waals surface area contributed by atoms with Crippen LogP contribution in [0.4, 0.5) is 9.18 Å². The second-order valence-electron chi connectivity index (χ2n) is 6.04. The van der Waals surface area contributed by atoms with E-state index in [1.54, 1.807) is 11.0 Å². The van der Waals surface area contributed by atoms with Gasteiger partial charge >= 0.3 is 6.09 Å². The Labute approximate surface area is 146 Å². The molecule has 3 N–H and O–H groups in total. The summed E-state index contributed by atoms with van der Waals surface area (Å²) in [6, 6.07) is 14.1. The number of hydrogen-bond acceptors (Lipinski definition) is 4. The van der Waals surface area contributed by atoms with E-state index in [9.17, 15) is 9.18 Å². The quantitative estimate of drug-likeness (QED) is 0.895. The number of amides is 1. The molecule has 1 aliphatic heterocycles. The Kier molecular flexibility index (Phi) is 5.63. The lowest BCUT2D eigenvalue weighted by molar-refractivity contribution is 0.0849. The van der Waals surface area contributed by atoms with Crippen LogP contribution in [0.1, 0.15) is 22.7 Å². The van der Waals surface area contributed by atoms with Gasteiger partial charge in [-0.15, -0.1) is 0 Å². The molecule has 0 unspecified atom stereocenters. The van der Waals surface area contributed by atoms with Crippen molar-refractivity contribution < 1.29 is 13.9 Å². The van der Waals surface area contributed by atoms with Gasteiger partial charge in [0.15, 0.2) is 0 Å². The molecule has 1 atom stereocenters. The van der Waals surface area contributed by atoms with Crippen molar-refractivity contribution in [1.29, 1.82) is 0 Å². The number of carbonyl (C=O) groups is 1. The fourth-order valence-corrected chi connectivity index (χ4v) is 3.03. The van der Waals surface area contributed by atoms with E-state index in [0.717, 1.165) is 16.7 Å². The molecule has 0 aromatic heterocycles. The molecule has 0 saturated carbocycles. The Morgan fingerprint density at radius 3 is 2.84 bits per heavy atom. The first-order chi connectivity index (χ1) is 12.2. The van der Waals surface area contributed by atoms with Crippen molar-refractivity contribution in [2.24, 2.45) is 5.73 Å². The van der Waals surface area contributed by atoms with Crippen molar-refractivity contribution in [3.63, 3.8) is 0 Å². The van der Waals surface area contributed by atoms with E-state index in [4.69, 9.17) is 10.5 Å². The molecule has 0 radical (unpaired) electrons. The van der Waals surface area contributed by atoms with Crippen LogP contribution < -0.4 is 11.1 Å². The Morgan fingerprint density at radius 2 is 2.08 bits per heavy atom. The van der Waals surface area contributed by atoms with Gasteiger partial charge in [0.2, 0.25) is 0 Å². The first-order valence-electron chi connectivity index (χ1n) is 8.35. The zero-order valence-corrected chi connectivity index (χ0v) is 14.0. The fraction of sp³-hybridized carbons (Fsp3) is 0.316. The second-order valence-corrected chi connectivity index (χ2v) is 6.04. The van der Waals surface area contributed by atoms with Gasteiger partial charge in [-0.1, -0.05) is 36.4 Å².